The molecule has 1 atom stereocenters. The van der Waals surface area contributed by atoms with Crippen molar-refractivity contribution < 1.29 is 0 Å². The molecule has 1 aliphatic heterocycles. The molecule has 1 saturated heterocycles. The molecule has 0 amide bonds. The highest BCUT2D eigenvalue weighted by molar-refractivity contribution is 7.16. The van der Waals surface area contributed by atoms with Crippen molar-refractivity contribution in [2.24, 2.45) is 0 Å². The van der Waals surface area contributed by atoms with Gasteiger partial charge < -0.3 is 15.5 Å². The minimum atomic E-state index is 0.484. The number of nitrogens with zero attached hydrogens (tertiary/aromatic N) is 3. The molecule has 6 heteroatoms. The first-order valence-corrected chi connectivity index (χ1v) is 7.58. The maximum absolute atomic E-state index is 4.61. The van der Waals surface area contributed by atoms with Gasteiger partial charge >= 0.3 is 0 Å². The highest BCUT2D eigenvalue weighted by atomic mass is 32.1. The van der Waals surface area contributed by atoms with E-state index in [2.05, 4.69) is 50.9 Å². The van der Waals surface area contributed by atoms with E-state index in [1.165, 1.54) is 6.42 Å². The third-order valence-corrected chi connectivity index (χ3v) is 4.20. The van der Waals surface area contributed by atoms with E-state index in [0.29, 0.717) is 12.0 Å². The van der Waals surface area contributed by atoms with Crippen LogP contribution >= 0.6 is 11.3 Å². The maximum atomic E-state index is 4.61. The second kappa shape index (κ2) is 5.30. The molecule has 3 heterocycles. The summed E-state index contributed by atoms with van der Waals surface area (Å²) in [4.78, 5) is 12.5. The molecule has 2 aromatic heterocycles. The van der Waals surface area contributed by atoms with Gasteiger partial charge in [-0.1, -0.05) is 0 Å². The van der Waals surface area contributed by atoms with E-state index in [0.717, 1.165) is 35.7 Å². The van der Waals surface area contributed by atoms with Crippen molar-refractivity contribution in [2.45, 2.75) is 19.4 Å². The van der Waals surface area contributed by atoms with Crippen LogP contribution in [0.15, 0.2) is 11.4 Å². The van der Waals surface area contributed by atoms with Crippen LogP contribution in [0.3, 0.4) is 0 Å². The zero-order chi connectivity index (χ0) is 13.2. The Morgan fingerprint density at radius 2 is 2.37 bits per heavy atom. The second-order valence-electron chi connectivity index (χ2n) is 4.96. The van der Waals surface area contributed by atoms with Crippen molar-refractivity contribution in [3.05, 3.63) is 11.4 Å². The number of nitrogens with one attached hydrogen (secondary N) is 2. The largest absolute Gasteiger partial charge is 0.365 e. The average Bonchev–Trinajstić information content (AvgIpc) is 2.99. The zero-order valence-electron chi connectivity index (χ0n) is 11.3. The Kier molecular flexibility index (Phi) is 3.52. The summed E-state index contributed by atoms with van der Waals surface area (Å²) in [5.41, 5.74) is 0. The van der Waals surface area contributed by atoms with Gasteiger partial charge in [0.25, 0.3) is 0 Å². The van der Waals surface area contributed by atoms with E-state index < -0.39 is 0 Å². The van der Waals surface area contributed by atoms with Gasteiger partial charge in [-0.15, -0.1) is 11.3 Å². The van der Waals surface area contributed by atoms with E-state index in [-0.39, 0.29) is 0 Å². The Hall–Kier alpha value is -1.40. The van der Waals surface area contributed by atoms with Gasteiger partial charge in [0, 0.05) is 19.1 Å². The van der Waals surface area contributed by atoms with E-state index >= 15 is 0 Å². The van der Waals surface area contributed by atoms with Gasteiger partial charge in [-0.05, 0) is 38.4 Å². The lowest BCUT2D eigenvalue weighted by atomic mass is 10.2. The fourth-order valence-corrected chi connectivity index (χ4v) is 3.21. The molecule has 1 fully saturated rings. The monoisotopic (exact) mass is 277 g/mol. The normalized spacial score (nSPS) is 20.0. The van der Waals surface area contributed by atoms with Crippen molar-refractivity contribution in [1.82, 2.24) is 14.9 Å². The number of hydrogen-bond acceptors (Lipinski definition) is 6. The quantitative estimate of drug-likeness (QED) is 0.897. The molecule has 1 unspecified atom stereocenters. The number of rotatable bonds is 4. The summed E-state index contributed by atoms with van der Waals surface area (Å²) in [7, 11) is 2.16. The van der Waals surface area contributed by atoms with Crippen molar-refractivity contribution in [1.29, 1.82) is 0 Å². The van der Waals surface area contributed by atoms with Gasteiger partial charge in [0.05, 0.1) is 5.39 Å². The van der Waals surface area contributed by atoms with Crippen LogP contribution in [0.2, 0.25) is 0 Å². The fourth-order valence-electron chi connectivity index (χ4n) is 2.45. The SMILES string of the molecule is CCNc1nc(NC2CCN(C)C2)c2ccsc2n1. The Balaban J connectivity index is 1.89. The molecular formula is C13H19N5S. The molecule has 102 valence electrons. The van der Waals surface area contributed by atoms with E-state index in [4.69, 9.17) is 0 Å². The first-order valence-electron chi connectivity index (χ1n) is 6.70. The highest BCUT2D eigenvalue weighted by Crippen LogP contribution is 2.27. The standard InChI is InChI=1S/C13H19N5S/c1-3-14-13-16-11(10-5-7-19-12(10)17-13)15-9-4-6-18(2)8-9/h5,7,9H,3-4,6,8H2,1-2H3,(H2,14,15,16,17). The molecule has 19 heavy (non-hydrogen) atoms. The number of likely N-dealkylation sites (tertiary alicyclic amines) is 1. The lowest BCUT2D eigenvalue weighted by Crippen LogP contribution is -2.24. The second-order valence-corrected chi connectivity index (χ2v) is 5.85. The van der Waals surface area contributed by atoms with Gasteiger partial charge in [-0.2, -0.15) is 4.98 Å². The van der Waals surface area contributed by atoms with Gasteiger partial charge in [0.2, 0.25) is 5.95 Å². The van der Waals surface area contributed by atoms with Crippen LogP contribution in [0.4, 0.5) is 11.8 Å². The number of fused-ring (bicyclic) bond motifs is 1. The van der Waals surface area contributed by atoms with E-state index in [9.17, 15) is 0 Å². The fraction of sp³-hybridized carbons (Fsp3) is 0.538. The predicted molar refractivity (Wildman–Crippen MR) is 81.1 cm³/mol. The molecule has 2 aromatic rings. The number of anilines is 2. The Morgan fingerprint density at radius 3 is 3.11 bits per heavy atom. The van der Waals surface area contributed by atoms with Crippen LogP contribution in [-0.4, -0.2) is 47.6 Å². The first kappa shape index (κ1) is 12.6. The Bertz CT molecular complexity index is 567. The molecule has 2 N–H and O–H groups in total. The third-order valence-electron chi connectivity index (χ3n) is 3.39. The first-order chi connectivity index (χ1) is 9.26. The summed E-state index contributed by atoms with van der Waals surface area (Å²) in [5.74, 6) is 1.67. The number of hydrogen-bond donors (Lipinski definition) is 2. The minimum absolute atomic E-state index is 0.484. The number of aromatic nitrogens is 2. The van der Waals surface area contributed by atoms with Crippen molar-refractivity contribution in [2.75, 3.05) is 37.3 Å². The maximum Gasteiger partial charge on any atom is 0.226 e. The topological polar surface area (TPSA) is 53.1 Å². The van der Waals surface area contributed by atoms with Crippen LogP contribution < -0.4 is 10.6 Å². The molecule has 0 aliphatic carbocycles. The van der Waals surface area contributed by atoms with Crippen molar-refractivity contribution >= 4 is 33.3 Å². The van der Waals surface area contributed by atoms with Crippen LogP contribution in [0.25, 0.3) is 10.2 Å². The molecule has 1 aliphatic rings. The van der Waals surface area contributed by atoms with E-state index in [1.807, 2.05) is 0 Å². The van der Waals surface area contributed by atoms with E-state index in [1.54, 1.807) is 11.3 Å². The van der Waals surface area contributed by atoms with Gasteiger partial charge in [0.15, 0.2) is 0 Å². The summed E-state index contributed by atoms with van der Waals surface area (Å²) in [5, 5.41) is 9.97. The van der Waals surface area contributed by atoms with Gasteiger partial charge in [-0.3, -0.25) is 0 Å². The molecular weight excluding hydrogens is 258 g/mol. The summed E-state index contributed by atoms with van der Waals surface area (Å²) in [6, 6.07) is 2.58. The van der Waals surface area contributed by atoms with Crippen LogP contribution in [0.1, 0.15) is 13.3 Å². The summed E-state index contributed by atoms with van der Waals surface area (Å²) in [6.45, 7) is 5.12. The minimum Gasteiger partial charge on any atom is -0.365 e. The molecule has 0 bridgehead atoms. The third kappa shape index (κ3) is 2.64. The highest BCUT2D eigenvalue weighted by Gasteiger charge is 2.20. The van der Waals surface area contributed by atoms with Crippen LogP contribution in [-0.2, 0) is 0 Å². The van der Waals surface area contributed by atoms with Gasteiger partial charge in [0.1, 0.15) is 10.6 Å². The van der Waals surface area contributed by atoms with Crippen LogP contribution in [0, 0.1) is 0 Å². The van der Waals surface area contributed by atoms with Gasteiger partial charge in [-0.25, -0.2) is 4.98 Å². The molecule has 0 aromatic carbocycles. The lowest BCUT2D eigenvalue weighted by Gasteiger charge is -2.15. The number of thiophene rings is 1. The Labute approximate surface area is 117 Å². The van der Waals surface area contributed by atoms with Crippen molar-refractivity contribution in [3.63, 3.8) is 0 Å². The predicted octanol–water partition coefficient (Wildman–Crippen LogP) is 2.24. The molecule has 5 nitrogen and oxygen atoms in total. The van der Waals surface area contributed by atoms with Crippen LogP contribution in [0.5, 0.6) is 0 Å². The molecule has 3 rings (SSSR count). The number of likely N-dealkylation sites (N-methyl/N-ethyl adjacent to an activating group) is 1. The summed E-state index contributed by atoms with van der Waals surface area (Å²) in [6.07, 6.45) is 1.17. The molecule has 0 saturated carbocycles. The van der Waals surface area contributed by atoms with Crippen molar-refractivity contribution in [3.8, 4) is 0 Å². The zero-order valence-corrected chi connectivity index (χ0v) is 12.1. The summed E-state index contributed by atoms with van der Waals surface area (Å²) < 4.78 is 0. The lowest BCUT2D eigenvalue weighted by molar-refractivity contribution is 0.414. The molecule has 0 radical (unpaired) electrons. The molecule has 0 spiro atoms. The smallest absolute Gasteiger partial charge is 0.226 e. The average molecular weight is 277 g/mol. The summed E-state index contributed by atoms with van der Waals surface area (Å²) >= 11 is 1.66. The Morgan fingerprint density at radius 1 is 1.47 bits per heavy atom.